The van der Waals surface area contributed by atoms with Gasteiger partial charge in [-0.15, -0.1) is 0 Å². The summed E-state index contributed by atoms with van der Waals surface area (Å²) in [6, 6.07) is 19.0. The average molecular weight is 386 g/mol. The first-order valence-corrected chi connectivity index (χ1v) is 9.34. The van der Waals surface area contributed by atoms with Crippen LogP contribution in [0.3, 0.4) is 0 Å². The van der Waals surface area contributed by atoms with Crippen molar-refractivity contribution in [1.82, 2.24) is 9.38 Å². The molecule has 0 spiro atoms. The molecule has 0 fully saturated rings. The van der Waals surface area contributed by atoms with Crippen LogP contribution in [0.15, 0.2) is 66.9 Å². The van der Waals surface area contributed by atoms with Gasteiger partial charge in [0.15, 0.2) is 6.10 Å². The number of nitrogens with zero attached hydrogens (tertiary/aromatic N) is 2. The van der Waals surface area contributed by atoms with Crippen LogP contribution < -0.4 is 11.1 Å². The maximum Gasteiger partial charge on any atom is 0.250 e. The van der Waals surface area contributed by atoms with Crippen molar-refractivity contribution in [1.29, 1.82) is 0 Å². The Morgan fingerprint density at radius 3 is 2.45 bits per heavy atom. The Kier molecular flexibility index (Phi) is 4.78. The Balaban J connectivity index is 1.96. The molecule has 4 aromatic rings. The van der Waals surface area contributed by atoms with Crippen LogP contribution in [0.4, 0.5) is 11.5 Å². The van der Waals surface area contributed by atoms with E-state index in [0.29, 0.717) is 16.8 Å². The zero-order valence-corrected chi connectivity index (χ0v) is 16.3. The number of carbonyl (C=O) groups excluding carboxylic acids is 1. The van der Waals surface area contributed by atoms with Gasteiger partial charge in [-0.3, -0.25) is 9.20 Å². The molecule has 4 rings (SSSR count). The standard InChI is InChI=1S/C23H22N4O2/c1-14-8-7-9-15(2)19(14)26-23-20(25-18-12-5-6-13-27(18)23)16-10-3-4-11-17(16)21(28)22(24)29/h3-13,21,26,28H,1-2H3,(H2,24,29). The molecule has 6 nitrogen and oxygen atoms in total. The van der Waals surface area contributed by atoms with Crippen LogP contribution in [-0.4, -0.2) is 20.4 Å². The number of fused-ring (bicyclic) bond motifs is 1. The summed E-state index contributed by atoms with van der Waals surface area (Å²) in [7, 11) is 0. The van der Waals surface area contributed by atoms with Crippen molar-refractivity contribution < 1.29 is 9.90 Å². The topological polar surface area (TPSA) is 92.6 Å². The first kappa shape index (κ1) is 18.7. The molecule has 146 valence electrons. The molecule has 1 amide bonds. The van der Waals surface area contributed by atoms with Crippen molar-refractivity contribution in [3.05, 3.63) is 83.6 Å². The van der Waals surface area contributed by atoms with Crippen LogP contribution in [0.1, 0.15) is 22.8 Å². The highest BCUT2D eigenvalue weighted by molar-refractivity contribution is 5.87. The maximum atomic E-state index is 11.7. The zero-order valence-electron chi connectivity index (χ0n) is 16.3. The third-order valence-electron chi connectivity index (χ3n) is 5.03. The molecule has 0 bridgehead atoms. The predicted octanol–water partition coefficient (Wildman–Crippen LogP) is 3.88. The van der Waals surface area contributed by atoms with E-state index in [1.165, 1.54) is 0 Å². The smallest absolute Gasteiger partial charge is 0.250 e. The highest BCUT2D eigenvalue weighted by atomic mass is 16.3. The van der Waals surface area contributed by atoms with Gasteiger partial charge in [0.2, 0.25) is 0 Å². The van der Waals surface area contributed by atoms with Gasteiger partial charge in [0.1, 0.15) is 17.2 Å². The quantitative estimate of drug-likeness (QED) is 0.485. The molecular weight excluding hydrogens is 364 g/mol. The molecule has 0 aliphatic rings. The molecule has 0 saturated heterocycles. The van der Waals surface area contributed by atoms with Gasteiger partial charge in [-0.05, 0) is 42.7 Å². The summed E-state index contributed by atoms with van der Waals surface area (Å²) >= 11 is 0. The number of aromatic nitrogens is 2. The maximum absolute atomic E-state index is 11.7. The molecule has 1 unspecified atom stereocenters. The SMILES string of the molecule is Cc1cccc(C)c1Nc1c(-c2ccccc2C(O)C(N)=O)nc2ccccn12. The average Bonchev–Trinajstić information content (AvgIpc) is 3.08. The van der Waals surface area contributed by atoms with E-state index in [9.17, 15) is 9.90 Å². The van der Waals surface area contributed by atoms with Crippen LogP contribution >= 0.6 is 0 Å². The van der Waals surface area contributed by atoms with E-state index in [-0.39, 0.29) is 0 Å². The van der Waals surface area contributed by atoms with Crippen LogP contribution in [0, 0.1) is 13.8 Å². The Hall–Kier alpha value is -3.64. The van der Waals surface area contributed by atoms with Crippen molar-refractivity contribution in [3.8, 4) is 11.3 Å². The molecule has 29 heavy (non-hydrogen) atoms. The lowest BCUT2D eigenvalue weighted by molar-refractivity contribution is -0.126. The van der Waals surface area contributed by atoms with E-state index in [1.807, 2.05) is 73.0 Å². The molecule has 0 aliphatic heterocycles. The summed E-state index contributed by atoms with van der Waals surface area (Å²) in [6.07, 6.45) is 0.513. The molecule has 4 N–H and O–H groups in total. The van der Waals surface area contributed by atoms with E-state index in [0.717, 1.165) is 28.3 Å². The summed E-state index contributed by atoms with van der Waals surface area (Å²) in [4.78, 5) is 16.4. The van der Waals surface area contributed by atoms with E-state index >= 15 is 0 Å². The molecule has 2 heterocycles. The number of nitrogens with two attached hydrogens (primary N) is 1. The predicted molar refractivity (Wildman–Crippen MR) is 114 cm³/mol. The number of amides is 1. The van der Waals surface area contributed by atoms with Crippen LogP contribution in [-0.2, 0) is 4.79 Å². The minimum absolute atomic E-state index is 0.424. The second kappa shape index (κ2) is 7.41. The van der Waals surface area contributed by atoms with Crippen LogP contribution in [0.25, 0.3) is 16.9 Å². The minimum atomic E-state index is -1.41. The molecule has 0 radical (unpaired) electrons. The third kappa shape index (κ3) is 3.34. The number of pyridine rings is 1. The number of rotatable bonds is 5. The van der Waals surface area contributed by atoms with Gasteiger partial charge >= 0.3 is 0 Å². The van der Waals surface area contributed by atoms with Gasteiger partial charge < -0.3 is 16.2 Å². The number of nitrogens with one attached hydrogen (secondary N) is 1. The molecule has 6 heteroatoms. The molecule has 2 aromatic carbocycles. The number of imidazole rings is 1. The highest BCUT2D eigenvalue weighted by Crippen LogP contribution is 2.36. The van der Waals surface area contributed by atoms with Gasteiger partial charge in [0.05, 0.1) is 0 Å². The molecule has 1 atom stereocenters. The molecule has 0 aliphatic carbocycles. The van der Waals surface area contributed by atoms with Crippen molar-refractivity contribution in [2.45, 2.75) is 20.0 Å². The Labute approximate surface area is 168 Å². The number of para-hydroxylation sites is 1. The Morgan fingerprint density at radius 1 is 1.03 bits per heavy atom. The summed E-state index contributed by atoms with van der Waals surface area (Å²) in [5, 5.41) is 13.9. The van der Waals surface area contributed by atoms with E-state index in [2.05, 4.69) is 5.32 Å². The summed E-state index contributed by atoms with van der Waals surface area (Å²) in [6.45, 7) is 4.09. The van der Waals surface area contributed by atoms with Gasteiger partial charge in [-0.25, -0.2) is 4.98 Å². The van der Waals surface area contributed by atoms with Crippen molar-refractivity contribution in [2.24, 2.45) is 5.73 Å². The molecular formula is C23H22N4O2. The fraction of sp³-hybridized carbons (Fsp3) is 0.130. The monoisotopic (exact) mass is 386 g/mol. The van der Waals surface area contributed by atoms with E-state index in [1.54, 1.807) is 12.1 Å². The van der Waals surface area contributed by atoms with Crippen molar-refractivity contribution >= 4 is 23.1 Å². The lowest BCUT2D eigenvalue weighted by atomic mass is 9.99. The highest BCUT2D eigenvalue weighted by Gasteiger charge is 2.23. The van der Waals surface area contributed by atoms with Crippen LogP contribution in [0.2, 0.25) is 0 Å². The fourth-order valence-electron chi connectivity index (χ4n) is 3.54. The molecule has 0 saturated carbocycles. The van der Waals surface area contributed by atoms with Gasteiger partial charge in [-0.2, -0.15) is 0 Å². The van der Waals surface area contributed by atoms with Crippen molar-refractivity contribution in [2.75, 3.05) is 5.32 Å². The summed E-state index contributed by atoms with van der Waals surface area (Å²) in [5.74, 6) is -0.0485. The lowest BCUT2D eigenvalue weighted by Crippen LogP contribution is -2.21. The number of benzene rings is 2. The number of hydrogen-bond donors (Lipinski definition) is 3. The number of aryl methyl sites for hydroxylation is 2. The lowest BCUT2D eigenvalue weighted by Gasteiger charge is -2.16. The molecule has 2 aromatic heterocycles. The number of hydrogen-bond acceptors (Lipinski definition) is 4. The van der Waals surface area contributed by atoms with E-state index < -0.39 is 12.0 Å². The number of anilines is 2. The number of carbonyl (C=O) groups is 1. The minimum Gasteiger partial charge on any atom is -0.378 e. The number of aliphatic hydroxyl groups excluding tert-OH is 1. The first-order valence-electron chi connectivity index (χ1n) is 9.34. The number of primary amides is 1. The largest absolute Gasteiger partial charge is 0.378 e. The Morgan fingerprint density at radius 2 is 1.72 bits per heavy atom. The van der Waals surface area contributed by atoms with Gasteiger partial charge in [0.25, 0.3) is 5.91 Å². The van der Waals surface area contributed by atoms with E-state index in [4.69, 9.17) is 10.7 Å². The fourth-order valence-corrected chi connectivity index (χ4v) is 3.54. The summed E-state index contributed by atoms with van der Waals surface area (Å²) in [5.41, 5.74) is 11.0. The number of aliphatic hydroxyl groups is 1. The van der Waals surface area contributed by atoms with Gasteiger partial charge in [-0.1, -0.05) is 48.5 Å². The first-order chi connectivity index (χ1) is 14.0. The second-order valence-corrected chi connectivity index (χ2v) is 7.02. The third-order valence-corrected chi connectivity index (χ3v) is 5.03. The van der Waals surface area contributed by atoms with Crippen LogP contribution in [0.5, 0.6) is 0 Å². The second-order valence-electron chi connectivity index (χ2n) is 7.02. The van der Waals surface area contributed by atoms with Gasteiger partial charge in [0, 0.05) is 17.4 Å². The Bertz CT molecular complexity index is 1190. The zero-order chi connectivity index (χ0) is 20.5. The normalized spacial score (nSPS) is 12.1. The summed E-state index contributed by atoms with van der Waals surface area (Å²) < 4.78 is 1.95. The van der Waals surface area contributed by atoms with Crippen molar-refractivity contribution in [3.63, 3.8) is 0 Å².